The first-order valence-electron chi connectivity index (χ1n) is 10.3. The lowest BCUT2D eigenvalue weighted by molar-refractivity contribution is -0.122. The van der Waals surface area contributed by atoms with E-state index in [1.54, 1.807) is 13.2 Å². The Morgan fingerprint density at radius 2 is 2.03 bits per heavy atom. The molecule has 6 nitrogen and oxygen atoms in total. The number of methoxy groups -OCH3 is 1. The molecule has 2 aromatic rings. The highest BCUT2D eigenvalue weighted by molar-refractivity contribution is 6.29. The second kappa shape index (κ2) is 8.76. The Hall–Kier alpha value is -2.05. The number of rotatable bonds is 8. The molecule has 156 valence electrons. The third kappa shape index (κ3) is 5.11. The van der Waals surface area contributed by atoms with Crippen LogP contribution in [0.4, 0.5) is 0 Å². The number of amides is 1. The maximum atomic E-state index is 12.2. The van der Waals surface area contributed by atoms with Gasteiger partial charge in [-0.3, -0.25) is 4.79 Å². The topological polar surface area (TPSA) is 67.6 Å². The number of halogens is 1. The van der Waals surface area contributed by atoms with E-state index in [9.17, 15) is 4.79 Å². The van der Waals surface area contributed by atoms with Crippen molar-refractivity contribution in [1.82, 2.24) is 15.4 Å². The van der Waals surface area contributed by atoms with E-state index in [0.717, 1.165) is 38.2 Å². The highest BCUT2D eigenvalue weighted by atomic mass is 35.5. The lowest BCUT2D eigenvalue weighted by Gasteiger charge is -2.35. The van der Waals surface area contributed by atoms with Crippen LogP contribution in [0.3, 0.4) is 0 Å². The normalized spacial score (nSPS) is 19.1. The van der Waals surface area contributed by atoms with Gasteiger partial charge in [0.2, 0.25) is 5.91 Å². The zero-order valence-corrected chi connectivity index (χ0v) is 17.6. The Morgan fingerprint density at radius 1 is 1.31 bits per heavy atom. The van der Waals surface area contributed by atoms with Crippen molar-refractivity contribution in [3.63, 3.8) is 0 Å². The Balaban J connectivity index is 1.20. The molecule has 1 aromatic heterocycles. The number of likely N-dealkylation sites (tertiary alicyclic amines) is 1. The molecule has 0 spiro atoms. The third-order valence-corrected chi connectivity index (χ3v) is 6.34. The van der Waals surface area contributed by atoms with Gasteiger partial charge in [0.25, 0.3) is 0 Å². The molecular formula is C22H28ClN3O3. The second-order valence-electron chi connectivity index (χ2n) is 8.24. The van der Waals surface area contributed by atoms with Gasteiger partial charge in [-0.2, -0.15) is 0 Å². The van der Waals surface area contributed by atoms with Crippen LogP contribution in [0.25, 0.3) is 0 Å². The summed E-state index contributed by atoms with van der Waals surface area (Å²) in [5.41, 5.74) is 1.72. The second-order valence-corrected chi connectivity index (χ2v) is 8.63. The van der Waals surface area contributed by atoms with Crippen molar-refractivity contribution in [3.8, 4) is 5.75 Å². The number of benzene rings is 1. The Morgan fingerprint density at radius 3 is 2.62 bits per heavy atom. The van der Waals surface area contributed by atoms with Crippen LogP contribution in [-0.4, -0.2) is 48.7 Å². The van der Waals surface area contributed by atoms with Gasteiger partial charge in [0, 0.05) is 50.0 Å². The van der Waals surface area contributed by atoms with Gasteiger partial charge in [-0.15, -0.1) is 0 Å². The minimum absolute atomic E-state index is 0.0628. The van der Waals surface area contributed by atoms with Gasteiger partial charge in [-0.05, 0) is 43.4 Å². The summed E-state index contributed by atoms with van der Waals surface area (Å²) in [6, 6.07) is 10.5. The van der Waals surface area contributed by atoms with E-state index in [1.807, 2.05) is 0 Å². The van der Waals surface area contributed by atoms with Crippen LogP contribution >= 0.6 is 11.6 Å². The van der Waals surface area contributed by atoms with Crippen LogP contribution < -0.4 is 10.1 Å². The zero-order valence-electron chi connectivity index (χ0n) is 16.8. The molecule has 0 atom stereocenters. The zero-order chi connectivity index (χ0) is 20.3. The van der Waals surface area contributed by atoms with Crippen LogP contribution in [0.15, 0.2) is 34.9 Å². The largest absolute Gasteiger partial charge is 0.497 e. The summed E-state index contributed by atoms with van der Waals surface area (Å²) in [5.74, 6) is 1.62. The summed E-state index contributed by atoms with van der Waals surface area (Å²) in [6.45, 7) is 3.16. The summed E-state index contributed by atoms with van der Waals surface area (Å²) in [7, 11) is 1.70. The lowest BCUT2D eigenvalue weighted by Crippen LogP contribution is -2.46. The molecule has 0 radical (unpaired) electrons. The van der Waals surface area contributed by atoms with E-state index in [1.165, 1.54) is 18.4 Å². The number of aromatic nitrogens is 1. The van der Waals surface area contributed by atoms with Crippen LogP contribution in [0.5, 0.6) is 5.75 Å². The fraction of sp³-hybridized carbons (Fsp3) is 0.545. The Kier molecular flexibility index (Phi) is 6.11. The van der Waals surface area contributed by atoms with Crippen molar-refractivity contribution in [2.45, 2.75) is 50.0 Å². The molecular weight excluding hydrogens is 390 g/mol. The van der Waals surface area contributed by atoms with E-state index >= 15 is 0 Å². The van der Waals surface area contributed by atoms with E-state index < -0.39 is 0 Å². The predicted molar refractivity (Wildman–Crippen MR) is 111 cm³/mol. The Labute approximate surface area is 176 Å². The molecule has 1 aliphatic heterocycles. The summed E-state index contributed by atoms with van der Waals surface area (Å²) >= 11 is 5.73. The average molecular weight is 418 g/mol. The monoisotopic (exact) mass is 417 g/mol. The van der Waals surface area contributed by atoms with E-state index in [0.29, 0.717) is 29.2 Å². The number of nitrogens with zero attached hydrogens (tertiary/aromatic N) is 2. The first-order chi connectivity index (χ1) is 14.1. The lowest BCUT2D eigenvalue weighted by atomic mass is 9.93. The van der Waals surface area contributed by atoms with Gasteiger partial charge in [-0.1, -0.05) is 28.9 Å². The van der Waals surface area contributed by atoms with Crippen LogP contribution in [-0.2, 0) is 16.6 Å². The summed E-state index contributed by atoms with van der Waals surface area (Å²) < 4.78 is 10.3. The molecule has 2 aliphatic rings. The molecule has 29 heavy (non-hydrogen) atoms. The molecule has 2 fully saturated rings. The van der Waals surface area contributed by atoms with Crippen LogP contribution in [0.1, 0.15) is 43.4 Å². The van der Waals surface area contributed by atoms with Crippen molar-refractivity contribution in [2.75, 3.05) is 26.7 Å². The summed E-state index contributed by atoms with van der Waals surface area (Å²) in [5, 5.41) is 7.12. The molecule has 1 amide bonds. The molecule has 0 unspecified atom stereocenters. The quantitative estimate of drug-likeness (QED) is 0.711. The van der Waals surface area contributed by atoms with Crippen molar-refractivity contribution in [3.05, 3.63) is 46.8 Å². The molecule has 2 heterocycles. The molecule has 1 aromatic carbocycles. The fourth-order valence-electron chi connectivity index (χ4n) is 4.24. The molecule has 7 heteroatoms. The van der Waals surface area contributed by atoms with Crippen molar-refractivity contribution in [1.29, 1.82) is 0 Å². The number of carbonyl (C=O) groups excluding carboxylic acids is 1. The third-order valence-electron chi connectivity index (χ3n) is 6.16. The minimum Gasteiger partial charge on any atom is -0.497 e. The SMILES string of the molecule is COc1ccc(C2(CN3CCC(NC(=O)CCc4cc(Cl)no4)CC3)CC2)cc1. The van der Waals surface area contributed by atoms with Crippen LogP contribution in [0, 0.1) is 0 Å². The highest BCUT2D eigenvalue weighted by Crippen LogP contribution is 2.49. The maximum Gasteiger partial charge on any atom is 0.220 e. The van der Waals surface area contributed by atoms with E-state index in [4.69, 9.17) is 20.9 Å². The predicted octanol–water partition coefficient (Wildman–Crippen LogP) is 3.58. The summed E-state index contributed by atoms with van der Waals surface area (Å²) in [6.07, 6.45) is 5.42. The van der Waals surface area contributed by atoms with Gasteiger partial charge >= 0.3 is 0 Å². The molecule has 1 N–H and O–H groups in total. The fourth-order valence-corrected chi connectivity index (χ4v) is 4.40. The van der Waals surface area contributed by atoms with Crippen LogP contribution in [0.2, 0.25) is 5.15 Å². The standard InChI is InChI=1S/C22H28ClN3O3/c1-28-18-4-2-16(3-5-18)22(10-11-22)15-26-12-8-17(9-13-26)24-21(27)7-6-19-14-20(23)25-29-19/h2-5,14,17H,6-13,15H2,1H3,(H,24,27). The van der Waals surface area contributed by atoms with Gasteiger partial charge in [0.1, 0.15) is 11.5 Å². The number of hydrogen-bond acceptors (Lipinski definition) is 5. The maximum absolute atomic E-state index is 12.2. The number of piperidine rings is 1. The number of nitrogens with one attached hydrogen (secondary N) is 1. The smallest absolute Gasteiger partial charge is 0.220 e. The first kappa shape index (κ1) is 20.2. The van der Waals surface area contributed by atoms with Crippen molar-refractivity contribution < 1.29 is 14.1 Å². The number of hydrogen-bond donors (Lipinski definition) is 1. The Bertz CT molecular complexity index is 824. The number of ether oxygens (including phenoxy) is 1. The minimum atomic E-state index is 0.0628. The first-order valence-corrected chi connectivity index (χ1v) is 10.7. The molecule has 1 saturated heterocycles. The van der Waals surface area contributed by atoms with E-state index in [2.05, 4.69) is 39.6 Å². The number of aryl methyl sites for hydroxylation is 1. The summed E-state index contributed by atoms with van der Waals surface area (Å²) in [4.78, 5) is 14.8. The van der Waals surface area contributed by atoms with Gasteiger partial charge in [0.05, 0.1) is 7.11 Å². The molecule has 0 bridgehead atoms. The van der Waals surface area contributed by atoms with Crippen molar-refractivity contribution >= 4 is 17.5 Å². The van der Waals surface area contributed by atoms with Gasteiger partial charge in [0.15, 0.2) is 5.15 Å². The number of carbonyl (C=O) groups is 1. The van der Waals surface area contributed by atoms with Crippen molar-refractivity contribution in [2.24, 2.45) is 0 Å². The molecule has 4 rings (SSSR count). The van der Waals surface area contributed by atoms with Gasteiger partial charge < -0.3 is 19.5 Å². The average Bonchev–Trinajstić information content (AvgIpc) is 3.40. The highest BCUT2D eigenvalue weighted by Gasteiger charge is 2.45. The van der Waals surface area contributed by atoms with Gasteiger partial charge in [-0.25, -0.2) is 0 Å². The molecule has 1 saturated carbocycles. The van der Waals surface area contributed by atoms with E-state index in [-0.39, 0.29) is 11.9 Å². The molecule has 1 aliphatic carbocycles.